The first-order valence-electron chi connectivity index (χ1n) is 4.41. The minimum atomic E-state index is 0.966. The van der Waals surface area contributed by atoms with Crippen molar-refractivity contribution in [1.82, 2.24) is 0 Å². The molecule has 2 aromatic carbocycles. The highest BCUT2D eigenvalue weighted by Crippen LogP contribution is 2.30. The molecule has 14 heavy (non-hydrogen) atoms. The van der Waals surface area contributed by atoms with Crippen molar-refractivity contribution in [3.63, 3.8) is 0 Å². The molecule has 0 radical (unpaired) electrons. The minimum absolute atomic E-state index is 0.966. The summed E-state index contributed by atoms with van der Waals surface area (Å²) in [6, 6.07) is 12.5. The second kappa shape index (κ2) is 2.98. The van der Waals surface area contributed by atoms with Crippen molar-refractivity contribution in [2.45, 2.75) is 0 Å². The molecule has 0 atom stereocenters. The van der Waals surface area contributed by atoms with Gasteiger partial charge in [-0.1, -0.05) is 30.3 Å². The van der Waals surface area contributed by atoms with Crippen LogP contribution in [0.25, 0.3) is 21.7 Å². The molecule has 0 unspecified atom stereocenters. The topological polar surface area (TPSA) is 13.1 Å². The van der Waals surface area contributed by atoms with Gasteiger partial charge in [-0.25, -0.2) is 0 Å². The molecule has 1 nitrogen and oxygen atoms in total. The van der Waals surface area contributed by atoms with Gasteiger partial charge in [0, 0.05) is 5.39 Å². The molecular weight excluding hydrogens is 287 g/mol. The van der Waals surface area contributed by atoms with Crippen molar-refractivity contribution in [2.24, 2.45) is 0 Å². The number of benzene rings is 2. The summed E-state index contributed by atoms with van der Waals surface area (Å²) in [4.78, 5) is 0. The van der Waals surface area contributed by atoms with Gasteiger partial charge in [-0.2, -0.15) is 0 Å². The highest BCUT2D eigenvalue weighted by Gasteiger charge is 2.06. The highest BCUT2D eigenvalue weighted by atomic mass is 127. The Balaban J connectivity index is 2.65. The van der Waals surface area contributed by atoms with Gasteiger partial charge in [-0.3, -0.25) is 0 Å². The van der Waals surface area contributed by atoms with Crippen molar-refractivity contribution < 1.29 is 4.42 Å². The summed E-state index contributed by atoms with van der Waals surface area (Å²) in [5, 5.41) is 3.76. The van der Waals surface area contributed by atoms with Crippen molar-refractivity contribution >= 4 is 44.3 Å². The van der Waals surface area contributed by atoms with Crippen LogP contribution in [0.4, 0.5) is 0 Å². The lowest BCUT2D eigenvalue weighted by molar-refractivity contribution is 0.614. The first kappa shape index (κ1) is 8.29. The maximum absolute atomic E-state index is 5.45. The standard InChI is InChI=1S/C12H7IO/c13-10-7-14-11-6-5-8-3-1-2-4-9(8)12(10)11/h1-7H. The summed E-state index contributed by atoms with van der Waals surface area (Å²) < 4.78 is 6.62. The van der Waals surface area contributed by atoms with Crippen molar-refractivity contribution in [3.05, 3.63) is 46.2 Å². The van der Waals surface area contributed by atoms with Crippen LogP contribution in [0.3, 0.4) is 0 Å². The van der Waals surface area contributed by atoms with Crippen LogP contribution in [-0.2, 0) is 0 Å². The van der Waals surface area contributed by atoms with Gasteiger partial charge in [0.15, 0.2) is 0 Å². The van der Waals surface area contributed by atoms with Gasteiger partial charge < -0.3 is 4.42 Å². The van der Waals surface area contributed by atoms with E-state index in [2.05, 4.69) is 52.9 Å². The summed E-state index contributed by atoms with van der Waals surface area (Å²) in [7, 11) is 0. The predicted molar refractivity (Wildman–Crippen MR) is 66.4 cm³/mol. The summed E-state index contributed by atoms with van der Waals surface area (Å²) in [6.45, 7) is 0. The fourth-order valence-electron chi connectivity index (χ4n) is 1.77. The van der Waals surface area contributed by atoms with E-state index in [1.165, 1.54) is 19.7 Å². The second-order valence-electron chi connectivity index (χ2n) is 3.24. The normalized spacial score (nSPS) is 11.2. The third kappa shape index (κ3) is 1.07. The summed E-state index contributed by atoms with van der Waals surface area (Å²) in [5.74, 6) is 0. The molecule has 0 aliphatic rings. The van der Waals surface area contributed by atoms with E-state index in [4.69, 9.17) is 4.42 Å². The van der Waals surface area contributed by atoms with Crippen molar-refractivity contribution in [3.8, 4) is 0 Å². The van der Waals surface area contributed by atoms with Crippen LogP contribution >= 0.6 is 22.6 Å². The second-order valence-corrected chi connectivity index (χ2v) is 4.41. The predicted octanol–water partition coefficient (Wildman–Crippen LogP) is 4.19. The number of hydrogen-bond acceptors (Lipinski definition) is 1. The summed E-state index contributed by atoms with van der Waals surface area (Å²) >= 11 is 2.31. The molecule has 3 aromatic rings. The summed E-state index contributed by atoms with van der Waals surface area (Å²) in [6.07, 6.45) is 1.80. The molecular formula is C12H7IO. The van der Waals surface area contributed by atoms with E-state index in [0.717, 1.165) is 5.58 Å². The molecule has 2 heteroatoms. The van der Waals surface area contributed by atoms with E-state index in [1.807, 2.05) is 6.07 Å². The lowest BCUT2D eigenvalue weighted by Crippen LogP contribution is -1.74. The molecule has 68 valence electrons. The zero-order valence-electron chi connectivity index (χ0n) is 7.33. The van der Waals surface area contributed by atoms with Crippen LogP contribution in [0.5, 0.6) is 0 Å². The number of furan rings is 1. The molecule has 3 rings (SSSR count). The van der Waals surface area contributed by atoms with Crippen LogP contribution < -0.4 is 0 Å². The maximum atomic E-state index is 5.45. The molecule has 0 N–H and O–H groups in total. The van der Waals surface area contributed by atoms with E-state index < -0.39 is 0 Å². The molecule has 0 fully saturated rings. The Morgan fingerprint density at radius 2 is 1.86 bits per heavy atom. The number of halogens is 1. The van der Waals surface area contributed by atoms with Gasteiger partial charge >= 0.3 is 0 Å². The molecule has 1 heterocycles. The number of fused-ring (bicyclic) bond motifs is 3. The molecule has 1 aromatic heterocycles. The maximum Gasteiger partial charge on any atom is 0.135 e. The summed E-state index contributed by atoms with van der Waals surface area (Å²) in [5.41, 5.74) is 0.966. The van der Waals surface area contributed by atoms with Gasteiger partial charge in [0.2, 0.25) is 0 Å². The van der Waals surface area contributed by atoms with Crippen LogP contribution in [0.15, 0.2) is 47.1 Å². The number of hydrogen-bond donors (Lipinski definition) is 0. The zero-order valence-corrected chi connectivity index (χ0v) is 9.49. The van der Waals surface area contributed by atoms with Gasteiger partial charge in [-0.05, 0) is 39.4 Å². The Labute approximate surface area is 94.9 Å². The lowest BCUT2D eigenvalue weighted by Gasteiger charge is -1.98. The van der Waals surface area contributed by atoms with Crippen molar-refractivity contribution in [1.29, 1.82) is 0 Å². The third-order valence-corrected chi connectivity index (χ3v) is 3.21. The Kier molecular flexibility index (Phi) is 1.77. The lowest BCUT2D eigenvalue weighted by atomic mass is 10.1. The quantitative estimate of drug-likeness (QED) is 0.567. The average Bonchev–Trinajstić information content (AvgIpc) is 2.61. The largest absolute Gasteiger partial charge is 0.463 e. The van der Waals surface area contributed by atoms with Gasteiger partial charge in [0.25, 0.3) is 0 Å². The third-order valence-electron chi connectivity index (χ3n) is 2.42. The average molecular weight is 294 g/mol. The van der Waals surface area contributed by atoms with Gasteiger partial charge in [0.05, 0.1) is 3.57 Å². The highest BCUT2D eigenvalue weighted by molar-refractivity contribution is 14.1. The monoisotopic (exact) mass is 294 g/mol. The zero-order chi connectivity index (χ0) is 9.54. The molecule has 0 spiro atoms. The molecule has 0 bridgehead atoms. The minimum Gasteiger partial charge on any atom is -0.463 e. The van der Waals surface area contributed by atoms with E-state index in [0.29, 0.717) is 0 Å². The first-order chi connectivity index (χ1) is 6.86. The van der Waals surface area contributed by atoms with Gasteiger partial charge in [0.1, 0.15) is 11.8 Å². The smallest absolute Gasteiger partial charge is 0.135 e. The van der Waals surface area contributed by atoms with E-state index in [9.17, 15) is 0 Å². The fraction of sp³-hybridized carbons (Fsp3) is 0. The Morgan fingerprint density at radius 3 is 2.79 bits per heavy atom. The van der Waals surface area contributed by atoms with Crippen LogP contribution in [-0.4, -0.2) is 0 Å². The molecule has 0 aliphatic carbocycles. The van der Waals surface area contributed by atoms with E-state index in [-0.39, 0.29) is 0 Å². The van der Waals surface area contributed by atoms with Crippen LogP contribution in [0.2, 0.25) is 0 Å². The Bertz CT molecular complexity index is 610. The Morgan fingerprint density at radius 1 is 1.00 bits per heavy atom. The molecule has 0 aliphatic heterocycles. The SMILES string of the molecule is Ic1coc2ccc3ccccc3c12. The van der Waals surface area contributed by atoms with Crippen LogP contribution in [0.1, 0.15) is 0 Å². The first-order valence-corrected chi connectivity index (χ1v) is 5.48. The van der Waals surface area contributed by atoms with Crippen molar-refractivity contribution in [2.75, 3.05) is 0 Å². The molecule has 0 amide bonds. The fourth-order valence-corrected chi connectivity index (χ4v) is 2.45. The van der Waals surface area contributed by atoms with E-state index in [1.54, 1.807) is 6.26 Å². The molecule has 0 saturated heterocycles. The van der Waals surface area contributed by atoms with Gasteiger partial charge in [-0.15, -0.1) is 0 Å². The Hall–Kier alpha value is -1.03. The molecule has 0 saturated carbocycles. The van der Waals surface area contributed by atoms with E-state index >= 15 is 0 Å². The van der Waals surface area contributed by atoms with Crippen LogP contribution in [0, 0.1) is 3.57 Å². The number of rotatable bonds is 0.